The third-order valence-corrected chi connectivity index (χ3v) is 3.39. The third kappa shape index (κ3) is 3.04. The Morgan fingerprint density at radius 1 is 1.30 bits per heavy atom. The van der Waals surface area contributed by atoms with Crippen LogP contribution in [0.3, 0.4) is 0 Å². The summed E-state index contributed by atoms with van der Waals surface area (Å²) >= 11 is 0. The Balaban J connectivity index is 2.07. The van der Waals surface area contributed by atoms with Crippen LogP contribution in [0.2, 0.25) is 0 Å². The SMILES string of the molecule is CC(C)(C)OC(=O)N1CCC2(OCCO2)C(C(=O)O)C1. The molecule has 1 atom stereocenters. The highest BCUT2D eigenvalue weighted by molar-refractivity contribution is 5.74. The summed E-state index contributed by atoms with van der Waals surface area (Å²) in [6, 6.07) is 0. The first kappa shape index (κ1) is 15.1. The van der Waals surface area contributed by atoms with Crippen molar-refractivity contribution >= 4 is 12.1 Å². The second-order valence-electron chi connectivity index (χ2n) is 6.08. The molecule has 7 nitrogen and oxygen atoms in total. The Hall–Kier alpha value is -1.34. The van der Waals surface area contributed by atoms with E-state index in [0.717, 1.165) is 0 Å². The summed E-state index contributed by atoms with van der Waals surface area (Å²) in [5.74, 6) is -3.02. The van der Waals surface area contributed by atoms with Crippen LogP contribution in [-0.4, -0.2) is 59.8 Å². The molecule has 114 valence electrons. The number of aliphatic carboxylic acids is 1. The maximum absolute atomic E-state index is 12.0. The highest BCUT2D eigenvalue weighted by Crippen LogP contribution is 2.36. The van der Waals surface area contributed by atoms with Crippen molar-refractivity contribution < 1.29 is 28.9 Å². The molecule has 0 radical (unpaired) electrons. The summed E-state index contributed by atoms with van der Waals surface area (Å²) in [6.45, 7) is 6.48. The molecular weight excluding hydrogens is 266 g/mol. The molecule has 2 aliphatic heterocycles. The molecule has 2 fully saturated rings. The van der Waals surface area contributed by atoms with Gasteiger partial charge in [-0.15, -0.1) is 0 Å². The molecule has 2 rings (SSSR count). The van der Waals surface area contributed by atoms with Gasteiger partial charge in [0.25, 0.3) is 0 Å². The third-order valence-electron chi connectivity index (χ3n) is 3.39. The Kier molecular flexibility index (Phi) is 3.93. The average Bonchev–Trinajstić information content (AvgIpc) is 2.76. The van der Waals surface area contributed by atoms with E-state index in [1.807, 2.05) is 0 Å². The largest absolute Gasteiger partial charge is 0.481 e. The fourth-order valence-corrected chi connectivity index (χ4v) is 2.49. The fourth-order valence-electron chi connectivity index (χ4n) is 2.49. The van der Waals surface area contributed by atoms with Crippen LogP contribution in [0, 0.1) is 5.92 Å². The Morgan fingerprint density at radius 3 is 2.40 bits per heavy atom. The van der Waals surface area contributed by atoms with Crippen LogP contribution in [-0.2, 0) is 19.0 Å². The van der Waals surface area contributed by atoms with E-state index >= 15 is 0 Å². The summed E-state index contributed by atoms with van der Waals surface area (Å²) in [4.78, 5) is 24.8. The molecule has 2 heterocycles. The molecule has 1 unspecified atom stereocenters. The van der Waals surface area contributed by atoms with E-state index in [-0.39, 0.29) is 6.54 Å². The van der Waals surface area contributed by atoms with Gasteiger partial charge < -0.3 is 24.2 Å². The van der Waals surface area contributed by atoms with Crippen LogP contribution in [0.1, 0.15) is 27.2 Å². The zero-order chi connectivity index (χ0) is 15.0. The molecule has 7 heteroatoms. The molecule has 1 amide bonds. The number of carboxylic acids is 1. The zero-order valence-corrected chi connectivity index (χ0v) is 12.0. The van der Waals surface area contributed by atoms with Gasteiger partial charge in [-0.25, -0.2) is 4.79 Å². The predicted molar refractivity (Wildman–Crippen MR) is 68.2 cm³/mol. The monoisotopic (exact) mass is 287 g/mol. The zero-order valence-electron chi connectivity index (χ0n) is 12.0. The van der Waals surface area contributed by atoms with Crippen molar-refractivity contribution in [3.05, 3.63) is 0 Å². The van der Waals surface area contributed by atoms with Crippen LogP contribution in [0.4, 0.5) is 4.79 Å². The van der Waals surface area contributed by atoms with Gasteiger partial charge in [-0.05, 0) is 20.8 Å². The number of rotatable bonds is 1. The van der Waals surface area contributed by atoms with Crippen molar-refractivity contribution in [2.75, 3.05) is 26.3 Å². The quantitative estimate of drug-likeness (QED) is 0.776. The summed E-state index contributed by atoms with van der Waals surface area (Å²) in [6.07, 6.45) is -0.167. The van der Waals surface area contributed by atoms with Crippen molar-refractivity contribution in [3.8, 4) is 0 Å². The lowest BCUT2D eigenvalue weighted by Crippen LogP contribution is -2.57. The minimum absolute atomic E-state index is 0.0320. The number of ether oxygens (including phenoxy) is 3. The van der Waals surface area contributed by atoms with Crippen molar-refractivity contribution in [3.63, 3.8) is 0 Å². The first-order chi connectivity index (χ1) is 9.23. The van der Waals surface area contributed by atoms with Crippen LogP contribution in [0.15, 0.2) is 0 Å². The van der Waals surface area contributed by atoms with Crippen molar-refractivity contribution in [1.29, 1.82) is 0 Å². The molecule has 0 aliphatic carbocycles. The molecule has 1 N–H and O–H groups in total. The fraction of sp³-hybridized carbons (Fsp3) is 0.846. The topological polar surface area (TPSA) is 85.3 Å². The van der Waals surface area contributed by atoms with Crippen LogP contribution in [0.5, 0.6) is 0 Å². The lowest BCUT2D eigenvalue weighted by molar-refractivity contribution is -0.224. The van der Waals surface area contributed by atoms with Gasteiger partial charge in [0.05, 0.1) is 13.2 Å². The van der Waals surface area contributed by atoms with Crippen molar-refractivity contribution in [2.45, 2.75) is 38.6 Å². The number of hydrogen-bond donors (Lipinski definition) is 1. The molecule has 2 saturated heterocycles. The van der Waals surface area contributed by atoms with Gasteiger partial charge in [-0.3, -0.25) is 4.79 Å². The van der Waals surface area contributed by atoms with E-state index in [0.29, 0.717) is 26.2 Å². The molecule has 0 aromatic rings. The highest BCUT2D eigenvalue weighted by atomic mass is 16.7. The molecule has 2 aliphatic rings. The molecule has 0 bridgehead atoms. The number of carbonyl (C=O) groups excluding carboxylic acids is 1. The molecular formula is C13H21NO6. The standard InChI is InChI=1S/C13H21NO6/c1-12(2,3)20-11(17)14-5-4-13(18-6-7-19-13)9(8-14)10(15)16/h9H,4-8H2,1-3H3,(H,15,16). The first-order valence-electron chi connectivity index (χ1n) is 6.72. The number of hydrogen-bond acceptors (Lipinski definition) is 5. The number of nitrogens with zero attached hydrogens (tertiary/aromatic N) is 1. The second kappa shape index (κ2) is 5.21. The van der Waals surface area contributed by atoms with Crippen molar-refractivity contribution in [2.24, 2.45) is 5.92 Å². The molecule has 0 aromatic carbocycles. The Labute approximate surface area is 117 Å². The van der Waals surface area contributed by atoms with Gasteiger partial charge in [-0.2, -0.15) is 0 Å². The number of amides is 1. The van der Waals surface area contributed by atoms with Gasteiger partial charge in [-0.1, -0.05) is 0 Å². The van der Waals surface area contributed by atoms with Crippen molar-refractivity contribution in [1.82, 2.24) is 4.90 Å². The number of carbonyl (C=O) groups is 2. The van der Waals surface area contributed by atoms with E-state index in [1.165, 1.54) is 4.90 Å². The van der Waals surface area contributed by atoms with Gasteiger partial charge in [0.2, 0.25) is 0 Å². The smallest absolute Gasteiger partial charge is 0.410 e. The van der Waals surface area contributed by atoms with Crippen LogP contribution in [0.25, 0.3) is 0 Å². The van der Waals surface area contributed by atoms with Crippen LogP contribution >= 0.6 is 0 Å². The van der Waals surface area contributed by atoms with E-state index in [9.17, 15) is 14.7 Å². The van der Waals surface area contributed by atoms with E-state index in [1.54, 1.807) is 20.8 Å². The number of piperidine rings is 1. The van der Waals surface area contributed by atoms with E-state index in [4.69, 9.17) is 14.2 Å². The van der Waals surface area contributed by atoms with Gasteiger partial charge >= 0.3 is 12.1 Å². The molecule has 1 spiro atoms. The normalized spacial score (nSPS) is 25.8. The maximum Gasteiger partial charge on any atom is 0.410 e. The molecule has 0 saturated carbocycles. The summed E-state index contributed by atoms with van der Waals surface area (Å²) in [5, 5.41) is 9.36. The summed E-state index contributed by atoms with van der Waals surface area (Å²) < 4.78 is 16.3. The minimum Gasteiger partial charge on any atom is -0.481 e. The maximum atomic E-state index is 12.0. The van der Waals surface area contributed by atoms with Gasteiger partial charge in [0.15, 0.2) is 5.79 Å². The second-order valence-corrected chi connectivity index (χ2v) is 6.08. The molecule has 0 aromatic heterocycles. The lowest BCUT2D eigenvalue weighted by Gasteiger charge is -2.42. The average molecular weight is 287 g/mol. The first-order valence-corrected chi connectivity index (χ1v) is 6.72. The van der Waals surface area contributed by atoms with E-state index < -0.39 is 29.4 Å². The Bertz CT molecular complexity index is 396. The van der Waals surface area contributed by atoms with Crippen LogP contribution < -0.4 is 0 Å². The summed E-state index contributed by atoms with van der Waals surface area (Å²) in [7, 11) is 0. The molecule has 20 heavy (non-hydrogen) atoms. The van der Waals surface area contributed by atoms with Gasteiger partial charge in [0, 0.05) is 19.5 Å². The Morgan fingerprint density at radius 2 is 1.90 bits per heavy atom. The lowest BCUT2D eigenvalue weighted by atomic mass is 9.91. The highest BCUT2D eigenvalue weighted by Gasteiger charge is 2.52. The summed E-state index contributed by atoms with van der Waals surface area (Å²) in [5.41, 5.74) is -0.606. The minimum atomic E-state index is -1.09. The van der Waals surface area contributed by atoms with E-state index in [2.05, 4.69) is 0 Å². The number of likely N-dealkylation sites (tertiary alicyclic amines) is 1. The predicted octanol–water partition coefficient (Wildman–Crippen LogP) is 1.07. The van der Waals surface area contributed by atoms with Gasteiger partial charge in [0.1, 0.15) is 11.5 Å². The number of carboxylic acid groups (broad SMARTS) is 1.